The normalized spacial score (nSPS) is 11.2. The van der Waals surface area contributed by atoms with Crippen molar-refractivity contribution in [1.29, 1.82) is 0 Å². The number of hydrogen-bond donors (Lipinski definition) is 3. The van der Waals surface area contributed by atoms with Crippen molar-refractivity contribution in [2.75, 3.05) is 37.3 Å². The van der Waals surface area contributed by atoms with Crippen LogP contribution in [0.15, 0.2) is 24.3 Å². The molecule has 0 aromatic heterocycles. The lowest BCUT2D eigenvalue weighted by molar-refractivity contribution is 0.204. The summed E-state index contributed by atoms with van der Waals surface area (Å²) in [6.45, 7) is 0.569. The van der Waals surface area contributed by atoms with Gasteiger partial charge in [-0.2, -0.15) is 13.1 Å². The molecule has 7 heteroatoms. The lowest BCUT2D eigenvalue weighted by Crippen LogP contribution is -2.32. The first-order chi connectivity index (χ1) is 8.07. The fourth-order valence-electron chi connectivity index (χ4n) is 1.17. The molecule has 0 bridgehead atoms. The summed E-state index contributed by atoms with van der Waals surface area (Å²) in [4.78, 5) is 0. The summed E-state index contributed by atoms with van der Waals surface area (Å²) in [7, 11) is -0.218. The second kappa shape index (κ2) is 6.43. The smallest absolute Gasteiger partial charge is 0.299 e. The summed E-state index contributed by atoms with van der Waals surface area (Å²) < 4.78 is 32.6. The average molecular weight is 259 g/mol. The highest BCUT2D eigenvalue weighted by Gasteiger charge is 2.08. The van der Waals surface area contributed by atoms with Crippen LogP contribution in [0.3, 0.4) is 0 Å². The molecule has 0 amide bonds. The van der Waals surface area contributed by atoms with Gasteiger partial charge in [-0.15, -0.1) is 0 Å². The third-order valence-electron chi connectivity index (χ3n) is 2.02. The third kappa shape index (κ3) is 5.03. The molecule has 0 radical (unpaired) electrons. The molecule has 1 aromatic rings. The van der Waals surface area contributed by atoms with E-state index in [-0.39, 0.29) is 6.54 Å². The van der Waals surface area contributed by atoms with Gasteiger partial charge in [0.15, 0.2) is 0 Å². The molecule has 0 unspecified atom stereocenters. The minimum atomic E-state index is -3.53. The quantitative estimate of drug-likeness (QED) is 0.627. The van der Waals surface area contributed by atoms with Crippen molar-refractivity contribution in [3.8, 4) is 0 Å². The first-order valence-electron chi connectivity index (χ1n) is 5.11. The SMILES string of the molecule is CNc1ccc(NS(=O)(=O)NCCOC)cc1. The minimum Gasteiger partial charge on any atom is -0.388 e. The summed E-state index contributed by atoms with van der Waals surface area (Å²) in [5.74, 6) is 0. The monoisotopic (exact) mass is 259 g/mol. The van der Waals surface area contributed by atoms with E-state index in [1.165, 1.54) is 7.11 Å². The highest BCUT2D eigenvalue weighted by Crippen LogP contribution is 2.13. The molecule has 0 atom stereocenters. The molecule has 17 heavy (non-hydrogen) atoms. The molecule has 0 saturated heterocycles. The van der Waals surface area contributed by atoms with Crippen molar-refractivity contribution in [2.45, 2.75) is 0 Å². The van der Waals surface area contributed by atoms with E-state index in [9.17, 15) is 8.42 Å². The van der Waals surface area contributed by atoms with Crippen molar-refractivity contribution in [3.05, 3.63) is 24.3 Å². The number of ether oxygens (including phenoxy) is 1. The Bertz CT molecular complexity index is 431. The Morgan fingerprint density at radius 3 is 2.29 bits per heavy atom. The molecule has 3 N–H and O–H groups in total. The number of anilines is 2. The minimum absolute atomic E-state index is 0.237. The van der Waals surface area contributed by atoms with E-state index in [4.69, 9.17) is 4.74 Å². The molecule has 0 aliphatic carbocycles. The lowest BCUT2D eigenvalue weighted by atomic mass is 10.3. The predicted octanol–water partition coefficient (Wildman–Crippen LogP) is 0.621. The predicted molar refractivity (Wildman–Crippen MR) is 68.4 cm³/mol. The topological polar surface area (TPSA) is 79.5 Å². The first kappa shape index (κ1) is 13.8. The zero-order valence-electron chi connectivity index (χ0n) is 9.86. The fraction of sp³-hybridized carbons (Fsp3) is 0.400. The van der Waals surface area contributed by atoms with Crippen molar-refractivity contribution < 1.29 is 13.2 Å². The number of methoxy groups -OCH3 is 1. The highest BCUT2D eigenvalue weighted by molar-refractivity contribution is 7.90. The third-order valence-corrected chi connectivity index (χ3v) is 3.11. The molecular formula is C10H17N3O3S. The Morgan fingerprint density at radius 2 is 1.76 bits per heavy atom. The number of rotatable bonds is 7. The van der Waals surface area contributed by atoms with Crippen molar-refractivity contribution in [2.24, 2.45) is 0 Å². The summed E-state index contributed by atoms with van der Waals surface area (Å²) in [5.41, 5.74) is 1.43. The van der Waals surface area contributed by atoms with Gasteiger partial charge in [-0.05, 0) is 24.3 Å². The Balaban J connectivity index is 2.56. The maximum absolute atomic E-state index is 11.5. The number of hydrogen-bond acceptors (Lipinski definition) is 4. The van der Waals surface area contributed by atoms with Crippen LogP contribution in [0.2, 0.25) is 0 Å². The molecule has 0 aliphatic rings. The molecule has 1 aromatic carbocycles. The molecule has 0 aliphatic heterocycles. The molecule has 0 fully saturated rings. The Hall–Kier alpha value is -1.31. The highest BCUT2D eigenvalue weighted by atomic mass is 32.2. The largest absolute Gasteiger partial charge is 0.388 e. The molecule has 0 heterocycles. The van der Waals surface area contributed by atoms with E-state index in [0.717, 1.165) is 5.69 Å². The second-order valence-electron chi connectivity index (χ2n) is 3.32. The van der Waals surface area contributed by atoms with Crippen LogP contribution >= 0.6 is 0 Å². The standard InChI is InChI=1S/C10H17N3O3S/c1-11-9-3-5-10(6-4-9)13-17(14,15)12-7-8-16-2/h3-6,11-13H,7-8H2,1-2H3. The van der Waals surface area contributed by atoms with Gasteiger partial charge in [0.05, 0.1) is 6.61 Å². The molecular weight excluding hydrogens is 242 g/mol. The van der Waals surface area contributed by atoms with Crippen molar-refractivity contribution >= 4 is 21.6 Å². The second-order valence-corrected chi connectivity index (χ2v) is 4.82. The summed E-state index contributed by atoms with van der Waals surface area (Å²) in [6.07, 6.45) is 0. The van der Waals surface area contributed by atoms with Crippen molar-refractivity contribution in [1.82, 2.24) is 4.72 Å². The first-order valence-corrected chi connectivity index (χ1v) is 6.60. The van der Waals surface area contributed by atoms with Gasteiger partial charge in [-0.1, -0.05) is 0 Å². The van der Waals surface area contributed by atoms with E-state index < -0.39 is 10.2 Å². The van der Waals surface area contributed by atoms with Gasteiger partial charge in [0.25, 0.3) is 10.2 Å². The van der Waals surface area contributed by atoms with Crippen LogP contribution in [-0.2, 0) is 14.9 Å². The summed E-state index contributed by atoms with van der Waals surface area (Å²) >= 11 is 0. The summed E-state index contributed by atoms with van der Waals surface area (Å²) in [6, 6.07) is 6.93. The van der Waals surface area contributed by atoms with Crippen LogP contribution in [0, 0.1) is 0 Å². The van der Waals surface area contributed by atoms with Gasteiger partial charge >= 0.3 is 0 Å². The maximum atomic E-state index is 11.5. The lowest BCUT2D eigenvalue weighted by Gasteiger charge is -2.09. The average Bonchev–Trinajstić information content (AvgIpc) is 2.30. The van der Waals surface area contributed by atoms with Gasteiger partial charge in [0.2, 0.25) is 0 Å². The van der Waals surface area contributed by atoms with Crippen LogP contribution < -0.4 is 14.8 Å². The van der Waals surface area contributed by atoms with E-state index >= 15 is 0 Å². The van der Waals surface area contributed by atoms with Gasteiger partial charge in [-0.3, -0.25) is 4.72 Å². The van der Waals surface area contributed by atoms with Crippen LogP contribution in [0.4, 0.5) is 11.4 Å². The van der Waals surface area contributed by atoms with Crippen LogP contribution in [0.5, 0.6) is 0 Å². The Morgan fingerprint density at radius 1 is 1.18 bits per heavy atom. The van der Waals surface area contributed by atoms with Crippen LogP contribution in [-0.4, -0.2) is 35.7 Å². The molecule has 6 nitrogen and oxygen atoms in total. The zero-order valence-corrected chi connectivity index (χ0v) is 10.7. The summed E-state index contributed by atoms with van der Waals surface area (Å²) in [5, 5.41) is 2.95. The molecule has 0 saturated carbocycles. The van der Waals surface area contributed by atoms with Crippen molar-refractivity contribution in [3.63, 3.8) is 0 Å². The fourth-order valence-corrected chi connectivity index (χ4v) is 2.04. The molecule has 96 valence electrons. The molecule has 1 rings (SSSR count). The van der Waals surface area contributed by atoms with Crippen LogP contribution in [0.1, 0.15) is 0 Å². The number of nitrogens with one attached hydrogen (secondary N) is 3. The zero-order chi connectivity index (χ0) is 12.7. The van der Waals surface area contributed by atoms with Crippen LogP contribution in [0.25, 0.3) is 0 Å². The maximum Gasteiger partial charge on any atom is 0.299 e. The number of benzene rings is 1. The van der Waals surface area contributed by atoms with E-state index in [2.05, 4.69) is 14.8 Å². The van der Waals surface area contributed by atoms with E-state index in [0.29, 0.717) is 12.3 Å². The Kier molecular flexibility index (Phi) is 5.20. The van der Waals surface area contributed by atoms with Gasteiger partial charge in [-0.25, -0.2) is 0 Å². The van der Waals surface area contributed by atoms with Gasteiger partial charge in [0.1, 0.15) is 0 Å². The molecule has 0 spiro atoms. The van der Waals surface area contributed by atoms with Gasteiger partial charge in [0, 0.05) is 32.1 Å². The Labute approximate surface area is 102 Å². The van der Waals surface area contributed by atoms with E-state index in [1.54, 1.807) is 31.3 Å². The van der Waals surface area contributed by atoms with Gasteiger partial charge < -0.3 is 10.1 Å². The van der Waals surface area contributed by atoms with E-state index in [1.807, 2.05) is 0 Å².